The van der Waals surface area contributed by atoms with Gasteiger partial charge < -0.3 is 22.9 Å². The van der Waals surface area contributed by atoms with E-state index in [1.54, 1.807) is 11.8 Å². The molecule has 0 aromatic heterocycles. The number of hydrogen-bond acceptors (Lipinski definition) is 8. The highest BCUT2D eigenvalue weighted by Crippen LogP contribution is 2.29. The molecule has 8 heteroatoms. The second kappa shape index (κ2) is 37.3. The predicted molar refractivity (Wildman–Crippen MR) is 282 cm³/mol. The molecule has 0 amide bonds. The van der Waals surface area contributed by atoms with E-state index in [-0.39, 0.29) is 0 Å². The van der Waals surface area contributed by atoms with Crippen LogP contribution < -0.4 is 22.9 Å². The van der Waals surface area contributed by atoms with E-state index in [0.29, 0.717) is 0 Å². The van der Waals surface area contributed by atoms with E-state index in [1.165, 1.54) is 140 Å². The number of para-hydroxylation sites is 4. The third kappa shape index (κ3) is 27.4. The fourth-order valence-corrected chi connectivity index (χ4v) is 9.93. The Morgan fingerprint density at radius 1 is 0.295 bits per heavy atom. The van der Waals surface area contributed by atoms with Gasteiger partial charge >= 0.3 is 0 Å². The van der Waals surface area contributed by atoms with Gasteiger partial charge in [0.25, 0.3) is 0 Å². The van der Waals surface area contributed by atoms with Gasteiger partial charge in [-0.25, -0.2) is 0 Å². The Kier molecular flexibility index (Phi) is 32.9. The fraction of sp³-hybridized carbons (Fsp3) is 0.434. The molecule has 4 nitrogen and oxygen atoms in total. The summed E-state index contributed by atoms with van der Waals surface area (Å²) in [6.07, 6.45) is 21.8. The van der Waals surface area contributed by atoms with Crippen LogP contribution in [0.2, 0.25) is 0 Å². The van der Waals surface area contributed by atoms with E-state index in [0.717, 1.165) is 33.4 Å². The lowest BCUT2D eigenvalue weighted by Gasteiger charge is -2.05. The highest BCUT2D eigenvalue weighted by Gasteiger charge is 2.01. The third-order valence-electron chi connectivity index (χ3n) is 9.68. The number of anilines is 4. The number of rotatable bonds is 25. The van der Waals surface area contributed by atoms with Gasteiger partial charge in [-0.3, -0.25) is 0 Å². The largest absolute Gasteiger partial charge is 0.398 e. The van der Waals surface area contributed by atoms with Crippen molar-refractivity contribution in [2.24, 2.45) is 0 Å². The molecule has 0 atom stereocenters. The predicted octanol–water partition coefficient (Wildman–Crippen LogP) is 16.9. The minimum absolute atomic E-state index is 0.860. The second-order valence-electron chi connectivity index (χ2n) is 15.1. The number of nitrogen functional groups attached to an aromatic ring is 4. The first kappa shape index (κ1) is 53.8. The van der Waals surface area contributed by atoms with E-state index in [1.807, 2.05) is 102 Å². The van der Waals surface area contributed by atoms with Crippen molar-refractivity contribution < 1.29 is 0 Å². The van der Waals surface area contributed by atoms with Crippen LogP contribution in [-0.4, -0.2) is 17.3 Å². The standard InChI is InChI=1S/C16H27NS.C14H23NS.C13H13NS.C10H15NS/c1-2-3-4-5-6-7-8-11-14-18-16-13-10-9-12-15(16)17;1-2-3-4-5-6-9-12-16-14-11-8-7-10-13(14)15;14-12-8-4-5-9-13(12)15-10-11-6-2-1-3-7-11;1-2-3-8-12-10-7-5-4-6-9(10)11/h9-10,12-13H,2-8,11,14,17H2,1H3;7-8,10-11H,2-6,9,12,15H2,1H3;1-9H,10,14H2;4-7H,2-3,8,11H2,1H3. The Hall–Kier alpha value is -3.30. The average Bonchev–Trinajstić information content (AvgIpc) is 3.28. The van der Waals surface area contributed by atoms with Gasteiger partial charge in [-0.15, -0.1) is 47.0 Å². The van der Waals surface area contributed by atoms with Crippen molar-refractivity contribution in [1.82, 2.24) is 0 Å². The molecular formula is C53H78N4S4. The minimum Gasteiger partial charge on any atom is -0.398 e. The quantitative estimate of drug-likeness (QED) is 0.0261. The van der Waals surface area contributed by atoms with Crippen LogP contribution in [0.15, 0.2) is 147 Å². The van der Waals surface area contributed by atoms with Crippen LogP contribution in [0.3, 0.4) is 0 Å². The summed E-state index contributed by atoms with van der Waals surface area (Å²) in [4.78, 5) is 4.84. The summed E-state index contributed by atoms with van der Waals surface area (Å²) in [5.74, 6) is 4.53. The maximum atomic E-state index is 5.91. The maximum Gasteiger partial charge on any atom is 0.0452 e. The Balaban J connectivity index is 0.000000282. The average molecular weight is 900 g/mol. The zero-order valence-corrected chi connectivity index (χ0v) is 41.0. The van der Waals surface area contributed by atoms with Gasteiger partial charge in [-0.05, 0) is 90.6 Å². The molecule has 5 aromatic carbocycles. The molecular weight excluding hydrogens is 821 g/mol. The van der Waals surface area contributed by atoms with Crippen LogP contribution in [0.25, 0.3) is 0 Å². The molecule has 0 fully saturated rings. The fourth-order valence-electron chi connectivity index (χ4n) is 5.99. The molecule has 0 unspecified atom stereocenters. The molecule has 8 N–H and O–H groups in total. The molecule has 0 spiro atoms. The van der Waals surface area contributed by atoms with Crippen molar-refractivity contribution in [2.75, 3.05) is 40.2 Å². The smallest absolute Gasteiger partial charge is 0.0452 e. The normalized spacial score (nSPS) is 10.4. The first-order valence-corrected chi connectivity index (χ1v) is 26.8. The zero-order chi connectivity index (χ0) is 44.0. The summed E-state index contributed by atoms with van der Waals surface area (Å²) in [7, 11) is 0. The van der Waals surface area contributed by atoms with Gasteiger partial charge in [-0.2, -0.15) is 0 Å². The molecule has 0 heterocycles. The zero-order valence-electron chi connectivity index (χ0n) is 37.7. The van der Waals surface area contributed by atoms with Crippen molar-refractivity contribution >= 4 is 69.8 Å². The lowest BCUT2D eigenvalue weighted by atomic mass is 10.1. The molecule has 5 rings (SSSR count). The Morgan fingerprint density at radius 3 is 0.918 bits per heavy atom. The van der Waals surface area contributed by atoms with Crippen molar-refractivity contribution in [1.29, 1.82) is 0 Å². The number of thioether (sulfide) groups is 4. The van der Waals surface area contributed by atoms with Crippen molar-refractivity contribution in [2.45, 2.75) is 149 Å². The Morgan fingerprint density at radius 2 is 0.574 bits per heavy atom. The number of unbranched alkanes of at least 4 members (excludes halogenated alkanes) is 13. The Labute approximate surface area is 389 Å². The molecule has 0 aliphatic heterocycles. The molecule has 0 saturated carbocycles. The summed E-state index contributed by atoms with van der Waals surface area (Å²) in [6, 6.07) is 42.7. The summed E-state index contributed by atoms with van der Waals surface area (Å²) in [6.45, 7) is 6.73. The van der Waals surface area contributed by atoms with Gasteiger partial charge in [0.2, 0.25) is 0 Å². The molecule has 0 radical (unpaired) electrons. The molecule has 0 bridgehead atoms. The molecule has 61 heavy (non-hydrogen) atoms. The Bertz CT molecular complexity index is 1770. The lowest BCUT2D eigenvalue weighted by molar-refractivity contribution is 0.586. The number of hydrogen-bond donors (Lipinski definition) is 4. The third-order valence-corrected chi connectivity index (χ3v) is 14.4. The van der Waals surface area contributed by atoms with Gasteiger partial charge in [-0.1, -0.05) is 183 Å². The highest BCUT2D eigenvalue weighted by atomic mass is 32.2. The van der Waals surface area contributed by atoms with Crippen molar-refractivity contribution in [3.05, 3.63) is 133 Å². The van der Waals surface area contributed by atoms with E-state index >= 15 is 0 Å². The SMILES string of the molecule is CCCCCCCCCCSc1ccccc1N.CCCCCCCCSc1ccccc1N.CCCCSc1ccccc1N.Nc1ccccc1SCc1ccccc1. The van der Waals surface area contributed by atoms with E-state index < -0.39 is 0 Å². The van der Waals surface area contributed by atoms with E-state index in [2.05, 4.69) is 81.4 Å². The lowest BCUT2D eigenvalue weighted by Crippen LogP contribution is -1.89. The van der Waals surface area contributed by atoms with Gasteiger partial charge in [0.05, 0.1) is 0 Å². The first-order chi connectivity index (χ1) is 29.9. The molecule has 0 aliphatic rings. The maximum absolute atomic E-state index is 5.91. The minimum atomic E-state index is 0.860. The first-order valence-electron chi connectivity index (χ1n) is 22.8. The van der Waals surface area contributed by atoms with Crippen LogP contribution in [0.1, 0.15) is 129 Å². The van der Waals surface area contributed by atoms with E-state index in [9.17, 15) is 0 Å². The van der Waals surface area contributed by atoms with E-state index in [4.69, 9.17) is 22.9 Å². The molecule has 5 aromatic rings. The molecule has 334 valence electrons. The number of benzene rings is 5. The van der Waals surface area contributed by atoms with Crippen LogP contribution in [0.4, 0.5) is 22.7 Å². The van der Waals surface area contributed by atoms with Crippen molar-refractivity contribution in [3.8, 4) is 0 Å². The van der Waals surface area contributed by atoms with Crippen LogP contribution in [0.5, 0.6) is 0 Å². The molecule has 0 aliphatic carbocycles. The highest BCUT2D eigenvalue weighted by molar-refractivity contribution is 8.00. The van der Waals surface area contributed by atoms with Gasteiger partial charge in [0, 0.05) is 48.1 Å². The summed E-state index contributed by atoms with van der Waals surface area (Å²) in [5, 5.41) is 0. The van der Waals surface area contributed by atoms with Gasteiger partial charge in [0.15, 0.2) is 0 Å². The van der Waals surface area contributed by atoms with Gasteiger partial charge in [0.1, 0.15) is 0 Å². The van der Waals surface area contributed by atoms with Crippen molar-refractivity contribution in [3.63, 3.8) is 0 Å². The summed E-state index contributed by atoms with van der Waals surface area (Å²) < 4.78 is 0. The summed E-state index contributed by atoms with van der Waals surface area (Å²) >= 11 is 7.40. The topological polar surface area (TPSA) is 104 Å². The number of nitrogens with two attached hydrogens (primary N) is 4. The summed E-state index contributed by atoms with van der Waals surface area (Å²) in [5.41, 5.74) is 28.4. The monoisotopic (exact) mass is 899 g/mol. The van der Waals surface area contributed by atoms with Crippen LogP contribution >= 0.6 is 47.0 Å². The molecule has 0 saturated heterocycles. The van der Waals surface area contributed by atoms with Crippen LogP contribution in [-0.2, 0) is 5.75 Å². The van der Waals surface area contributed by atoms with Crippen LogP contribution in [0, 0.1) is 0 Å². The second-order valence-corrected chi connectivity index (χ2v) is 19.5.